The lowest BCUT2D eigenvalue weighted by atomic mass is 9.83. The minimum atomic E-state index is -4.06. The molecule has 0 bridgehead atoms. The fourth-order valence-corrected chi connectivity index (χ4v) is 3.25. The molecule has 1 aromatic heterocycles. The summed E-state index contributed by atoms with van der Waals surface area (Å²) in [5.41, 5.74) is -1.12. The first-order valence-corrected chi connectivity index (χ1v) is 8.68. The molecule has 0 radical (unpaired) electrons. The molecule has 1 saturated carbocycles. The molecule has 10 heteroatoms. The van der Waals surface area contributed by atoms with E-state index in [2.05, 4.69) is 4.98 Å². The molecule has 0 atom stereocenters. The molecule has 1 aliphatic rings. The van der Waals surface area contributed by atoms with Crippen LogP contribution in [-0.2, 0) is 10.0 Å². The van der Waals surface area contributed by atoms with Gasteiger partial charge in [-0.05, 0) is 32.6 Å². The summed E-state index contributed by atoms with van der Waals surface area (Å²) >= 11 is 0. The number of nitro groups is 1. The van der Waals surface area contributed by atoms with Crippen LogP contribution < -0.4 is 10.0 Å². The zero-order chi connectivity index (χ0) is 17.4. The van der Waals surface area contributed by atoms with Gasteiger partial charge in [0.25, 0.3) is 0 Å². The predicted octanol–water partition coefficient (Wildman–Crippen LogP) is 0.767. The summed E-state index contributed by atoms with van der Waals surface area (Å²) in [4.78, 5) is 15.8. The predicted molar refractivity (Wildman–Crippen MR) is 83.5 cm³/mol. The van der Waals surface area contributed by atoms with Crippen molar-refractivity contribution in [2.24, 2.45) is 5.14 Å². The smallest absolute Gasteiger partial charge is 0.312 e. The van der Waals surface area contributed by atoms with Crippen LogP contribution >= 0.6 is 0 Å². The molecule has 2 rings (SSSR count). The topological polar surface area (TPSA) is 140 Å². The number of rotatable bonds is 4. The lowest BCUT2D eigenvalue weighted by Crippen LogP contribution is -2.41. The number of hydrogen-bond acceptors (Lipinski definition) is 7. The van der Waals surface area contributed by atoms with Gasteiger partial charge in [-0.1, -0.05) is 0 Å². The number of nitrogens with zero attached hydrogens (tertiary/aromatic N) is 3. The summed E-state index contributed by atoms with van der Waals surface area (Å²) in [7, 11) is -2.38. The van der Waals surface area contributed by atoms with E-state index in [4.69, 9.17) is 5.14 Å². The van der Waals surface area contributed by atoms with Gasteiger partial charge in [0.05, 0.1) is 10.5 Å². The van der Waals surface area contributed by atoms with Crippen molar-refractivity contribution in [3.05, 3.63) is 22.4 Å². The van der Waals surface area contributed by atoms with Crippen LogP contribution in [0.5, 0.6) is 0 Å². The van der Waals surface area contributed by atoms with Gasteiger partial charge in [0.15, 0.2) is 0 Å². The molecule has 3 N–H and O–H groups in total. The third-order valence-electron chi connectivity index (χ3n) is 4.26. The number of sulfonamides is 1. The number of nitrogens with two attached hydrogens (primary N) is 1. The van der Waals surface area contributed by atoms with E-state index in [1.807, 2.05) is 0 Å². The van der Waals surface area contributed by atoms with Crippen molar-refractivity contribution in [1.82, 2.24) is 4.98 Å². The fourth-order valence-electron chi connectivity index (χ4n) is 2.77. The van der Waals surface area contributed by atoms with Crippen LogP contribution in [-0.4, -0.2) is 42.1 Å². The maximum absolute atomic E-state index is 11.3. The Kier molecular flexibility index (Phi) is 4.60. The zero-order valence-electron chi connectivity index (χ0n) is 13.0. The summed E-state index contributed by atoms with van der Waals surface area (Å²) in [6, 6.07) is 0.912. The quantitative estimate of drug-likeness (QED) is 0.607. The molecule has 23 heavy (non-hydrogen) atoms. The van der Waals surface area contributed by atoms with E-state index in [-0.39, 0.29) is 11.9 Å². The maximum atomic E-state index is 11.3. The highest BCUT2D eigenvalue weighted by molar-refractivity contribution is 7.89. The van der Waals surface area contributed by atoms with E-state index in [9.17, 15) is 23.6 Å². The highest BCUT2D eigenvalue weighted by atomic mass is 32.2. The Bertz CT molecular complexity index is 709. The van der Waals surface area contributed by atoms with E-state index in [1.54, 1.807) is 18.9 Å². The van der Waals surface area contributed by atoms with Crippen LogP contribution in [0.3, 0.4) is 0 Å². The summed E-state index contributed by atoms with van der Waals surface area (Å²) in [6.45, 7) is 1.77. The zero-order valence-corrected chi connectivity index (χ0v) is 13.8. The van der Waals surface area contributed by atoms with Gasteiger partial charge in [0.2, 0.25) is 15.8 Å². The van der Waals surface area contributed by atoms with Gasteiger partial charge in [-0.15, -0.1) is 0 Å². The molecule has 1 aliphatic carbocycles. The standard InChI is InChI=1S/C13H20N4O5S/c1-13(18)5-3-9(4-6-13)16(2)12-11(17(19)20)7-10(8-15-12)23(14,21)22/h7-9,18H,3-6H2,1-2H3,(H2,14,21,22)/t9-,13+. The largest absolute Gasteiger partial charge is 0.390 e. The van der Waals surface area contributed by atoms with E-state index in [0.29, 0.717) is 25.7 Å². The van der Waals surface area contributed by atoms with Crippen LogP contribution in [0.4, 0.5) is 11.5 Å². The summed E-state index contributed by atoms with van der Waals surface area (Å²) in [5, 5.41) is 26.2. The van der Waals surface area contributed by atoms with E-state index in [1.165, 1.54) is 0 Å². The van der Waals surface area contributed by atoms with Crippen molar-refractivity contribution in [3.63, 3.8) is 0 Å². The Balaban J connectivity index is 2.33. The second kappa shape index (κ2) is 6.02. The van der Waals surface area contributed by atoms with Gasteiger partial charge in [-0.3, -0.25) is 10.1 Å². The Morgan fingerprint density at radius 2 is 2.04 bits per heavy atom. The molecule has 0 aromatic carbocycles. The molecule has 1 heterocycles. The second-order valence-corrected chi connectivity index (χ2v) is 7.72. The Morgan fingerprint density at radius 1 is 1.48 bits per heavy atom. The molecule has 128 valence electrons. The van der Waals surface area contributed by atoms with E-state index >= 15 is 0 Å². The van der Waals surface area contributed by atoms with Gasteiger partial charge in [0, 0.05) is 25.4 Å². The van der Waals surface area contributed by atoms with Gasteiger partial charge < -0.3 is 10.0 Å². The lowest BCUT2D eigenvalue weighted by molar-refractivity contribution is -0.384. The molecule has 0 spiro atoms. The average Bonchev–Trinajstić information content (AvgIpc) is 2.45. The average molecular weight is 344 g/mol. The minimum Gasteiger partial charge on any atom is -0.390 e. The molecule has 1 aromatic rings. The first-order valence-electron chi connectivity index (χ1n) is 7.14. The van der Waals surface area contributed by atoms with Crippen molar-refractivity contribution in [2.75, 3.05) is 11.9 Å². The summed E-state index contributed by atoms with van der Waals surface area (Å²) in [5.74, 6) is 0.0916. The third-order valence-corrected chi connectivity index (χ3v) is 5.14. The van der Waals surface area contributed by atoms with Crippen molar-refractivity contribution in [2.45, 2.75) is 49.1 Å². The van der Waals surface area contributed by atoms with Crippen LogP contribution in [0.2, 0.25) is 0 Å². The molecular formula is C13H20N4O5S. The summed E-state index contributed by atoms with van der Waals surface area (Å²) in [6.07, 6.45) is 3.53. The van der Waals surface area contributed by atoms with Crippen molar-refractivity contribution < 1.29 is 18.4 Å². The van der Waals surface area contributed by atoms with E-state index in [0.717, 1.165) is 12.3 Å². The van der Waals surface area contributed by atoms with Crippen LogP contribution in [0.25, 0.3) is 0 Å². The van der Waals surface area contributed by atoms with Crippen molar-refractivity contribution in [3.8, 4) is 0 Å². The molecule has 1 fully saturated rings. The molecule has 0 aliphatic heterocycles. The van der Waals surface area contributed by atoms with Gasteiger partial charge in [-0.2, -0.15) is 0 Å². The van der Waals surface area contributed by atoms with Gasteiger partial charge in [-0.25, -0.2) is 18.5 Å². The highest BCUT2D eigenvalue weighted by Gasteiger charge is 2.33. The Hall–Kier alpha value is -1.78. The molecule has 0 amide bonds. The summed E-state index contributed by atoms with van der Waals surface area (Å²) < 4.78 is 22.7. The number of aliphatic hydroxyl groups is 1. The number of primary sulfonamides is 1. The third kappa shape index (κ3) is 3.95. The van der Waals surface area contributed by atoms with Gasteiger partial charge in [0.1, 0.15) is 4.90 Å². The normalized spacial score (nSPS) is 25.1. The van der Waals surface area contributed by atoms with Crippen LogP contribution in [0.1, 0.15) is 32.6 Å². The number of hydrogen-bond donors (Lipinski definition) is 2. The number of pyridine rings is 1. The first-order chi connectivity index (χ1) is 10.5. The fraction of sp³-hybridized carbons (Fsp3) is 0.615. The Morgan fingerprint density at radius 3 is 2.52 bits per heavy atom. The lowest BCUT2D eigenvalue weighted by Gasteiger charge is -2.37. The number of aromatic nitrogens is 1. The number of anilines is 1. The monoisotopic (exact) mass is 344 g/mol. The maximum Gasteiger partial charge on any atom is 0.312 e. The second-order valence-electron chi connectivity index (χ2n) is 6.15. The molecular weight excluding hydrogens is 324 g/mol. The SMILES string of the molecule is CN(c1ncc(S(N)(=O)=O)cc1[N+](=O)[O-])[C@H]1CC[C@@](C)(O)CC1. The first kappa shape index (κ1) is 17.6. The Labute approximate surface area is 134 Å². The minimum absolute atomic E-state index is 0.0123. The molecule has 9 nitrogen and oxygen atoms in total. The molecule has 0 saturated heterocycles. The van der Waals surface area contributed by atoms with Gasteiger partial charge >= 0.3 is 5.69 Å². The molecule has 0 unspecified atom stereocenters. The van der Waals surface area contributed by atoms with E-state index < -0.39 is 31.1 Å². The van der Waals surface area contributed by atoms with Crippen LogP contribution in [0, 0.1) is 10.1 Å². The van der Waals surface area contributed by atoms with Crippen molar-refractivity contribution >= 4 is 21.5 Å². The van der Waals surface area contributed by atoms with Crippen molar-refractivity contribution in [1.29, 1.82) is 0 Å². The van der Waals surface area contributed by atoms with Crippen LogP contribution in [0.15, 0.2) is 17.2 Å². The highest BCUT2D eigenvalue weighted by Crippen LogP contribution is 2.35.